The third-order valence-electron chi connectivity index (χ3n) is 5.10. The Labute approximate surface area is 148 Å². The molecule has 2 aliphatic rings. The summed E-state index contributed by atoms with van der Waals surface area (Å²) in [6.07, 6.45) is 9.81. The van der Waals surface area contributed by atoms with Crippen LogP contribution in [0.25, 0.3) is 11.0 Å². The van der Waals surface area contributed by atoms with Gasteiger partial charge in [-0.1, -0.05) is 24.4 Å². The van der Waals surface area contributed by atoms with Crippen LogP contribution in [0, 0.1) is 5.92 Å². The molecule has 1 aromatic heterocycles. The number of hydrogen-bond acceptors (Lipinski definition) is 5. The molecule has 0 saturated heterocycles. The van der Waals surface area contributed by atoms with E-state index in [1.165, 1.54) is 32.1 Å². The van der Waals surface area contributed by atoms with Gasteiger partial charge in [-0.2, -0.15) is 0 Å². The highest BCUT2D eigenvalue weighted by molar-refractivity contribution is 7.92. The molecule has 2 aromatic rings. The topological polar surface area (TPSA) is 81.4 Å². The van der Waals surface area contributed by atoms with Gasteiger partial charge in [0.25, 0.3) is 0 Å². The zero-order valence-electron chi connectivity index (χ0n) is 14.5. The number of anilines is 1. The van der Waals surface area contributed by atoms with Crippen molar-refractivity contribution in [3.05, 3.63) is 17.7 Å². The van der Waals surface area contributed by atoms with E-state index in [0.29, 0.717) is 22.8 Å². The molecule has 136 valence electrons. The highest BCUT2D eigenvalue weighted by Crippen LogP contribution is 2.46. The molecular formula is C18H24N2O4S. The number of fused-ring (bicyclic) bond motifs is 1. The number of benzene rings is 1. The van der Waals surface area contributed by atoms with Crippen LogP contribution in [0.4, 0.5) is 5.82 Å². The molecule has 1 N–H and O–H groups in total. The van der Waals surface area contributed by atoms with Crippen LogP contribution in [0.1, 0.15) is 56.4 Å². The van der Waals surface area contributed by atoms with Gasteiger partial charge in [-0.3, -0.25) is 4.72 Å². The lowest BCUT2D eigenvalue weighted by atomic mass is 9.90. The molecule has 2 fully saturated rings. The molecule has 0 atom stereocenters. The normalized spacial score (nSPS) is 19.2. The van der Waals surface area contributed by atoms with Gasteiger partial charge in [0.2, 0.25) is 10.0 Å². The second-order valence-corrected chi connectivity index (χ2v) is 9.13. The standard InChI is InChI=1S/C18H24N2O4S/c1-25(21,22)20-18-15-9-14(13-7-8-13)16(10-17(15)24-19-18)23-11-12-5-3-2-4-6-12/h9-10,12-13H,2-8,11H2,1H3,(H,19,20). The third-order valence-corrected chi connectivity index (χ3v) is 5.67. The van der Waals surface area contributed by atoms with Crippen molar-refractivity contribution in [3.63, 3.8) is 0 Å². The fraction of sp³-hybridized carbons (Fsp3) is 0.611. The van der Waals surface area contributed by atoms with Crippen molar-refractivity contribution in [2.24, 2.45) is 5.92 Å². The molecule has 25 heavy (non-hydrogen) atoms. The van der Waals surface area contributed by atoms with Gasteiger partial charge in [0, 0.05) is 6.07 Å². The molecule has 2 aliphatic carbocycles. The van der Waals surface area contributed by atoms with Crippen LogP contribution in [0.2, 0.25) is 0 Å². The van der Waals surface area contributed by atoms with Crippen molar-refractivity contribution in [1.82, 2.24) is 5.16 Å². The first-order valence-corrected chi connectivity index (χ1v) is 10.9. The Morgan fingerprint density at radius 3 is 2.64 bits per heavy atom. The van der Waals surface area contributed by atoms with E-state index in [9.17, 15) is 8.42 Å². The number of nitrogens with zero attached hydrogens (tertiary/aromatic N) is 1. The Hall–Kier alpha value is -1.76. The van der Waals surface area contributed by atoms with E-state index < -0.39 is 10.0 Å². The second kappa shape index (κ2) is 6.52. The van der Waals surface area contributed by atoms with Crippen LogP contribution in [-0.4, -0.2) is 26.4 Å². The summed E-state index contributed by atoms with van der Waals surface area (Å²) in [4.78, 5) is 0. The molecule has 1 heterocycles. The predicted molar refractivity (Wildman–Crippen MR) is 96.5 cm³/mol. The Morgan fingerprint density at radius 2 is 1.96 bits per heavy atom. The number of hydrogen-bond donors (Lipinski definition) is 1. The Bertz CT molecular complexity index is 865. The minimum atomic E-state index is -3.39. The SMILES string of the molecule is CS(=O)(=O)Nc1noc2cc(OCC3CCCCC3)c(C3CC3)cc12. The number of aromatic nitrogens is 1. The number of ether oxygens (including phenoxy) is 1. The van der Waals surface area contributed by atoms with Gasteiger partial charge in [-0.15, -0.1) is 0 Å². The summed E-state index contributed by atoms with van der Waals surface area (Å²) >= 11 is 0. The average molecular weight is 364 g/mol. The van der Waals surface area contributed by atoms with Crippen molar-refractivity contribution in [2.45, 2.75) is 50.9 Å². The van der Waals surface area contributed by atoms with Gasteiger partial charge in [0.05, 0.1) is 18.2 Å². The van der Waals surface area contributed by atoms with Crippen LogP contribution in [0.5, 0.6) is 5.75 Å². The van der Waals surface area contributed by atoms with E-state index in [1.54, 1.807) is 0 Å². The van der Waals surface area contributed by atoms with E-state index >= 15 is 0 Å². The molecular weight excluding hydrogens is 340 g/mol. The molecule has 2 saturated carbocycles. The molecule has 0 radical (unpaired) electrons. The maximum absolute atomic E-state index is 11.5. The molecule has 7 heteroatoms. The zero-order chi connectivity index (χ0) is 17.4. The molecule has 0 spiro atoms. The maximum atomic E-state index is 11.5. The Kier molecular flexibility index (Phi) is 4.35. The van der Waals surface area contributed by atoms with E-state index in [0.717, 1.165) is 37.0 Å². The second-order valence-electron chi connectivity index (χ2n) is 7.38. The summed E-state index contributed by atoms with van der Waals surface area (Å²) < 4.78 is 36.9. The fourth-order valence-corrected chi connectivity index (χ4v) is 4.13. The minimum absolute atomic E-state index is 0.248. The highest BCUT2D eigenvalue weighted by Gasteiger charge is 2.29. The maximum Gasteiger partial charge on any atom is 0.231 e. The number of rotatable bonds is 6. The van der Waals surface area contributed by atoms with Crippen molar-refractivity contribution >= 4 is 26.8 Å². The van der Waals surface area contributed by atoms with Gasteiger partial charge < -0.3 is 9.26 Å². The minimum Gasteiger partial charge on any atom is -0.493 e. The summed E-state index contributed by atoms with van der Waals surface area (Å²) in [6, 6.07) is 3.85. The number of nitrogens with one attached hydrogen (secondary N) is 1. The van der Waals surface area contributed by atoms with Crippen molar-refractivity contribution < 1.29 is 17.7 Å². The van der Waals surface area contributed by atoms with Crippen molar-refractivity contribution in [1.29, 1.82) is 0 Å². The molecule has 0 amide bonds. The van der Waals surface area contributed by atoms with E-state index in [1.807, 2.05) is 12.1 Å². The summed E-state index contributed by atoms with van der Waals surface area (Å²) in [5.74, 6) is 2.24. The van der Waals surface area contributed by atoms with Gasteiger partial charge in [0.15, 0.2) is 11.4 Å². The van der Waals surface area contributed by atoms with E-state index in [2.05, 4.69) is 9.88 Å². The average Bonchev–Trinajstić information content (AvgIpc) is 3.35. The quantitative estimate of drug-likeness (QED) is 0.837. The summed E-state index contributed by atoms with van der Waals surface area (Å²) in [6.45, 7) is 0.744. The Balaban J connectivity index is 1.61. The lowest BCUT2D eigenvalue weighted by Crippen LogP contribution is -2.15. The van der Waals surface area contributed by atoms with E-state index in [-0.39, 0.29) is 5.82 Å². The Morgan fingerprint density at radius 1 is 1.20 bits per heavy atom. The molecule has 4 rings (SSSR count). The first-order valence-electron chi connectivity index (χ1n) is 9.03. The summed E-state index contributed by atoms with van der Waals surface area (Å²) in [7, 11) is -3.39. The third kappa shape index (κ3) is 3.92. The molecule has 6 nitrogen and oxygen atoms in total. The monoisotopic (exact) mass is 364 g/mol. The molecule has 0 aliphatic heterocycles. The van der Waals surface area contributed by atoms with Crippen molar-refractivity contribution in [2.75, 3.05) is 17.6 Å². The molecule has 1 aromatic carbocycles. The van der Waals surface area contributed by atoms with Crippen LogP contribution in [0.3, 0.4) is 0 Å². The molecule has 0 unspecified atom stereocenters. The van der Waals surface area contributed by atoms with Crippen LogP contribution in [0.15, 0.2) is 16.7 Å². The van der Waals surface area contributed by atoms with Crippen LogP contribution < -0.4 is 9.46 Å². The molecule has 0 bridgehead atoms. The van der Waals surface area contributed by atoms with E-state index in [4.69, 9.17) is 9.26 Å². The van der Waals surface area contributed by atoms with Gasteiger partial charge >= 0.3 is 0 Å². The fourth-order valence-electron chi connectivity index (χ4n) is 3.63. The van der Waals surface area contributed by atoms with Gasteiger partial charge in [-0.05, 0) is 49.1 Å². The van der Waals surface area contributed by atoms with Gasteiger partial charge in [0.1, 0.15) is 5.75 Å². The summed E-state index contributed by atoms with van der Waals surface area (Å²) in [5, 5.41) is 4.56. The zero-order valence-corrected chi connectivity index (χ0v) is 15.3. The van der Waals surface area contributed by atoms with Gasteiger partial charge in [-0.25, -0.2) is 8.42 Å². The number of sulfonamides is 1. The largest absolute Gasteiger partial charge is 0.493 e. The van der Waals surface area contributed by atoms with Crippen molar-refractivity contribution in [3.8, 4) is 5.75 Å². The first kappa shape index (κ1) is 16.7. The summed E-state index contributed by atoms with van der Waals surface area (Å²) in [5.41, 5.74) is 1.69. The lowest BCUT2D eigenvalue weighted by Gasteiger charge is -2.22. The lowest BCUT2D eigenvalue weighted by molar-refractivity contribution is 0.207. The van der Waals surface area contributed by atoms with Crippen LogP contribution >= 0.6 is 0 Å². The first-order chi connectivity index (χ1) is 12.0. The highest BCUT2D eigenvalue weighted by atomic mass is 32.2. The van der Waals surface area contributed by atoms with Crippen LogP contribution in [-0.2, 0) is 10.0 Å². The predicted octanol–water partition coefficient (Wildman–Crippen LogP) is 4.04. The smallest absolute Gasteiger partial charge is 0.231 e.